The quantitative estimate of drug-likeness (QED) is 0.414. The summed E-state index contributed by atoms with van der Waals surface area (Å²) in [5.41, 5.74) is 2.20. The maximum Gasteiger partial charge on any atom is 0.417 e. The highest BCUT2D eigenvalue weighted by molar-refractivity contribution is 5.84. The van der Waals surface area contributed by atoms with E-state index in [1.54, 1.807) is 24.3 Å². The lowest BCUT2D eigenvalue weighted by molar-refractivity contribution is -0.137. The Morgan fingerprint density at radius 3 is 2.16 bits per heavy atom. The number of hydrogen-bond acceptors (Lipinski definition) is 4. The average molecular weight is 428 g/mol. The lowest BCUT2D eigenvalue weighted by Crippen LogP contribution is -2.24. The van der Waals surface area contributed by atoms with Gasteiger partial charge in [0.15, 0.2) is 6.61 Å². The SMILES string of the molecule is O=C(COc1ccc(OCc2ccccc2)cc1)N/N=C/c1ccccc1C(F)(F)F. The van der Waals surface area contributed by atoms with Crippen molar-refractivity contribution in [3.63, 3.8) is 0 Å². The summed E-state index contributed by atoms with van der Waals surface area (Å²) < 4.78 is 49.8. The number of hydrogen-bond donors (Lipinski definition) is 1. The summed E-state index contributed by atoms with van der Waals surface area (Å²) in [7, 11) is 0. The van der Waals surface area contributed by atoms with Crippen LogP contribution in [0.25, 0.3) is 0 Å². The Bertz CT molecular complexity index is 1020. The number of hydrazone groups is 1. The minimum Gasteiger partial charge on any atom is -0.489 e. The Labute approximate surface area is 177 Å². The van der Waals surface area contributed by atoms with Crippen LogP contribution in [-0.4, -0.2) is 18.7 Å². The van der Waals surface area contributed by atoms with Crippen molar-refractivity contribution in [3.8, 4) is 11.5 Å². The van der Waals surface area contributed by atoms with Gasteiger partial charge in [0.2, 0.25) is 0 Å². The van der Waals surface area contributed by atoms with Crippen molar-refractivity contribution < 1.29 is 27.4 Å². The molecule has 0 aliphatic rings. The van der Waals surface area contributed by atoms with E-state index < -0.39 is 17.6 Å². The van der Waals surface area contributed by atoms with Crippen LogP contribution in [0.2, 0.25) is 0 Å². The Morgan fingerprint density at radius 1 is 0.871 bits per heavy atom. The number of alkyl halides is 3. The first kappa shape index (κ1) is 21.9. The summed E-state index contributed by atoms with van der Waals surface area (Å²) in [5.74, 6) is 0.479. The van der Waals surface area contributed by atoms with Crippen LogP contribution in [0, 0.1) is 0 Å². The van der Waals surface area contributed by atoms with Gasteiger partial charge in [-0.1, -0.05) is 48.5 Å². The zero-order valence-electron chi connectivity index (χ0n) is 16.3. The maximum atomic E-state index is 12.9. The number of ether oxygens (including phenoxy) is 2. The molecule has 3 aromatic rings. The minimum absolute atomic E-state index is 0.151. The molecule has 0 spiro atoms. The molecule has 0 heterocycles. The molecule has 8 heteroatoms. The third-order valence-corrected chi connectivity index (χ3v) is 4.10. The van der Waals surface area contributed by atoms with Gasteiger partial charge in [0.1, 0.15) is 18.1 Å². The molecular formula is C23H19F3N2O3. The summed E-state index contributed by atoms with van der Waals surface area (Å²) in [5, 5.41) is 3.57. The standard InChI is InChI=1S/C23H19F3N2O3/c24-23(25,26)21-9-5-4-8-18(21)14-27-28-22(29)16-31-20-12-10-19(11-13-20)30-15-17-6-2-1-3-7-17/h1-14H,15-16H2,(H,28,29)/b27-14+. The smallest absolute Gasteiger partial charge is 0.417 e. The van der Waals surface area contributed by atoms with Gasteiger partial charge < -0.3 is 9.47 Å². The van der Waals surface area contributed by atoms with E-state index in [-0.39, 0.29) is 12.2 Å². The zero-order valence-corrected chi connectivity index (χ0v) is 16.3. The van der Waals surface area contributed by atoms with E-state index in [4.69, 9.17) is 9.47 Å². The zero-order chi connectivity index (χ0) is 22.1. The highest BCUT2D eigenvalue weighted by Crippen LogP contribution is 2.31. The van der Waals surface area contributed by atoms with Gasteiger partial charge in [0.25, 0.3) is 5.91 Å². The number of nitrogens with zero attached hydrogens (tertiary/aromatic N) is 1. The van der Waals surface area contributed by atoms with Crippen LogP contribution in [0.1, 0.15) is 16.7 Å². The maximum absolute atomic E-state index is 12.9. The molecule has 0 saturated heterocycles. The molecule has 1 amide bonds. The van der Waals surface area contributed by atoms with Crippen LogP contribution in [0.4, 0.5) is 13.2 Å². The molecule has 3 rings (SSSR count). The van der Waals surface area contributed by atoms with Crippen LogP contribution in [0.5, 0.6) is 11.5 Å². The molecule has 0 bridgehead atoms. The van der Waals surface area contributed by atoms with Crippen molar-refractivity contribution in [2.24, 2.45) is 5.10 Å². The second-order valence-corrected chi connectivity index (χ2v) is 6.41. The van der Waals surface area contributed by atoms with Gasteiger partial charge in [-0.2, -0.15) is 18.3 Å². The monoisotopic (exact) mass is 428 g/mol. The van der Waals surface area contributed by atoms with E-state index in [2.05, 4.69) is 10.5 Å². The van der Waals surface area contributed by atoms with Gasteiger partial charge in [-0.05, 0) is 35.9 Å². The molecule has 0 atom stereocenters. The van der Waals surface area contributed by atoms with Gasteiger partial charge in [0, 0.05) is 5.56 Å². The molecular weight excluding hydrogens is 409 g/mol. The number of rotatable bonds is 8. The first-order chi connectivity index (χ1) is 14.9. The van der Waals surface area contributed by atoms with E-state index in [9.17, 15) is 18.0 Å². The summed E-state index contributed by atoms with van der Waals surface area (Å²) in [4.78, 5) is 11.8. The fourth-order valence-electron chi connectivity index (χ4n) is 2.60. The van der Waals surface area contributed by atoms with Gasteiger partial charge >= 0.3 is 6.18 Å². The number of nitrogens with one attached hydrogen (secondary N) is 1. The molecule has 0 fully saturated rings. The number of halogens is 3. The number of carbonyl (C=O) groups excluding carboxylic acids is 1. The predicted octanol–water partition coefficient (Wildman–Crippen LogP) is 4.81. The predicted molar refractivity (Wildman–Crippen MR) is 110 cm³/mol. The molecule has 0 radical (unpaired) electrons. The van der Waals surface area contributed by atoms with Crippen molar-refractivity contribution in [2.75, 3.05) is 6.61 Å². The van der Waals surface area contributed by atoms with Crippen molar-refractivity contribution in [2.45, 2.75) is 12.8 Å². The van der Waals surface area contributed by atoms with Crippen LogP contribution >= 0.6 is 0 Å². The van der Waals surface area contributed by atoms with E-state index in [0.29, 0.717) is 18.1 Å². The molecule has 0 aliphatic heterocycles. The second-order valence-electron chi connectivity index (χ2n) is 6.41. The summed E-state index contributed by atoms with van der Waals surface area (Å²) in [6.07, 6.45) is -3.56. The molecule has 0 unspecified atom stereocenters. The topological polar surface area (TPSA) is 59.9 Å². The van der Waals surface area contributed by atoms with Gasteiger partial charge in [-0.15, -0.1) is 0 Å². The molecule has 1 N–H and O–H groups in total. The van der Waals surface area contributed by atoms with Gasteiger partial charge in [0.05, 0.1) is 11.8 Å². The third kappa shape index (κ3) is 6.88. The summed E-state index contributed by atoms with van der Waals surface area (Å²) >= 11 is 0. The lowest BCUT2D eigenvalue weighted by Gasteiger charge is -2.09. The second kappa shape index (κ2) is 10.3. The fourth-order valence-corrected chi connectivity index (χ4v) is 2.60. The highest BCUT2D eigenvalue weighted by Gasteiger charge is 2.32. The number of carbonyl (C=O) groups is 1. The average Bonchev–Trinajstić information content (AvgIpc) is 2.77. The Hall–Kier alpha value is -3.81. The largest absolute Gasteiger partial charge is 0.489 e. The normalized spacial score (nSPS) is 11.3. The van der Waals surface area contributed by atoms with E-state index in [0.717, 1.165) is 17.8 Å². The van der Waals surface area contributed by atoms with E-state index >= 15 is 0 Å². The Balaban J connectivity index is 1.45. The molecule has 0 aromatic heterocycles. The molecule has 0 aliphatic carbocycles. The molecule has 160 valence electrons. The van der Waals surface area contributed by atoms with Crippen LogP contribution in [-0.2, 0) is 17.6 Å². The van der Waals surface area contributed by atoms with E-state index in [1.165, 1.54) is 18.2 Å². The van der Waals surface area contributed by atoms with Gasteiger partial charge in [-0.3, -0.25) is 4.79 Å². The molecule has 5 nitrogen and oxygen atoms in total. The van der Waals surface area contributed by atoms with Crippen LogP contribution < -0.4 is 14.9 Å². The van der Waals surface area contributed by atoms with Crippen molar-refractivity contribution in [1.82, 2.24) is 5.43 Å². The van der Waals surface area contributed by atoms with Crippen molar-refractivity contribution in [1.29, 1.82) is 0 Å². The Kier molecular flexibility index (Phi) is 7.26. The van der Waals surface area contributed by atoms with Crippen molar-refractivity contribution >= 4 is 12.1 Å². The molecule has 0 saturated carbocycles. The van der Waals surface area contributed by atoms with Crippen LogP contribution in [0.3, 0.4) is 0 Å². The summed E-state index contributed by atoms with van der Waals surface area (Å²) in [6.45, 7) is 0.0847. The van der Waals surface area contributed by atoms with Gasteiger partial charge in [-0.25, -0.2) is 5.43 Å². The molecule has 3 aromatic carbocycles. The first-order valence-corrected chi connectivity index (χ1v) is 9.29. The number of benzene rings is 3. The molecule has 31 heavy (non-hydrogen) atoms. The highest BCUT2D eigenvalue weighted by atomic mass is 19.4. The number of amides is 1. The van der Waals surface area contributed by atoms with Crippen molar-refractivity contribution in [3.05, 3.63) is 95.6 Å². The Morgan fingerprint density at radius 2 is 1.48 bits per heavy atom. The lowest BCUT2D eigenvalue weighted by atomic mass is 10.1. The first-order valence-electron chi connectivity index (χ1n) is 9.29. The minimum atomic E-state index is -4.51. The summed E-state index contributed by atoms with van der Waals surface area (Å²) in [6, 6.07) is 21.4. The third-order valence-electron chi connectivity index (χ3n) is 4.10. The van der Waals surface area contributed by atoms with E-state index in [1.807, 2.05) is 30.3 Å². The fraction of sp³-hybridized carbons (Fsp3) is 0.130. The van der Waals surface area contributed by atoms with Crippen LogP contribution in [0.15, 0.2) is 84.0 Å².